The van der Waals surface area contributed by atoms with E-state index < -0.39 is 0 Å². The average molecular weight is 187 g/mol. The fourth-order valence-electron chi connectivity index (χ4n) is 1.92. The summed E-state index contributed by atoms with van der Waals surface area (Å²) in [6.07, 6.45) is 4.34. The lowest BCUT2D eigenvalue weighted by Crippen LogP contribution is -2.16. The van der Waals surface area contributed by atoms with E-state index in [1.165, 1.54) is 12.8 Å². The molecule has 0 radical (unpaired) electrons. The summed E-state index contributed by atoms with van der Waals surface area (Å²) in [4.78, 5) is 0. The molecular formula is C11H13N3. The molecule has 1 fully saturated rings. The van der Waals surface area contributed by atoms with Gasteiger partial charge in [-0.25, -0.2) is 4.52 Å². The number of nitrogens with two attached hydrogens (primary N) is 1. The molecule has 0 aliphatic heterocycles. The minimum Gasteiger partial charge on any atom is -0.322 e. The van der Waals surface area contributed by atoms with Crippen LogP contribution in [0.2, 0.25) is 0 Å². The molecule has 0 saturated heterocycles. The molecule has 1 saturated carbocycles. The quantitative estimate of drug-likeness (QED) is 0.778. The van der Waals surface area contributed by atoms with E-state index in [1.807, 2.05) is 16.8 Å². The van der Waals surface area contributed by atoms with Gasteiger partial charge >= 0.3 is 0 Å². The fourth-order valence-corrected chi connectivity index (χ4v) is 1.92. The fraction of sp³-hybridized carbons (Fsp3) is 0.364. The van der Waals surface area contributed by atoms with E-state index in [4.69, 9.17) is 5.73 Å². The van der Waals surface area contributed by atoms with Crippen LogP contribution in [-0.2, 0) is 0 Å². The van der Waals surface area contributed by atoms with E-state index in [-0.39, 0.29) is 6.04 Å². The van der Waals surface area contributed by atoms with Crippen LogP contribution in [0.4, 0.5) is 0 Å². The highest BCUT2D eigenvalue weighted by molar-refractivity contribution is 5.46. The van der Waals surface area contributed by atoms with E-state index in [1.54, 1.807) is 0 Å². The molecule has 2 aromatic heterocycles. The van der Waals surface area contributed by atoms with Gasteiger partial charge in [-0.15, -0.1) is 0 Å². The van der Waals surface area contributed by atoms with Gasteiger partial charge in [-0.05, 0) is 37.0 Å². The molecule has 72 valence electrons. The van der Waals surface area contributed by atoms with Gasteiger partial charge in [0.05, 0.1) is 11.2 Å². The molecule has 1 aliphatic rings. The second-order valence-electron chi connectivity index (χ2n) is 3.98. The maximum atomic E-state index is 6.16. The Kier molecular flexibility index (Phi) is 1.61. The zero-order valence-corrected chi connectivity index (χ0v) is 7.93. The number of nitrogens with zero attached hydrogens (tertiary/aromatic N) is 2. The van der Waals surface area contributed by atoms with Crippen LogP contribution in [-0.4, -0.2) is 9.61 Å². The van der Waals surface area contributed by atoms with Crippen molar-refractivity contribution in [2.45, 2.75) is 18.9 Å². The minimum atomic E-state index is 0.151. The molecule has 1 unspecified atom stereocenters. The van der Waals surface area contributed by atoms with Crippen molar-refractivity contribution in [3.05, 3.63) is 36.2 Å². The third-order valence-corrected chi connectivity index (χ3v) is 2.92. The third kappa shape index (κ3) is 1.13. The summed E-state index contributed by atoms with van der Waals surface area (Å²) < 4.78 is 1.95. The average Bonchev–Trinajstić information content (AvgIpc) is 2.94. The SMILES string of the molecule is NC(c1cccc2ccnn12)C1CC1. The molecule has 0 aromatic carbocycles. The van der Waals surface area contributed by atoms with Crippen molar-refractivity contribution in [3.63, 3.8) is 0 Å². The summed E-state index contributed by atoms with van der Waals surface area (Å²) in [6.45, 7) is 0. The first-order valence-corrected chi connectivity index (χ1v) is 5.04. The molecule has 0 spiro atoms. The number of rotatable bonds is 2. The third-order valence-electron chi connectivity index (χ3n) is 2.92. The number of pyridine rings is 1. The minimum absolute atomic E-state index is 0.151. The molecule has 2 aromatic rings. The van der Waals surface area contributed by atoms with Gasteiger partial charge in [-0.3, -0.25) is 0 Å². The Morgan fingerprint density at radius 3 is 3.00 bits per heavy atom. The number of hydrogen-bond acceptors (Lipinski definition) is 2. The number of fused-ring (bicyclic) bond motifs is 1. The predicted octanol–water partition coefficient (Wildman–Crippen LogP) is 1.74. The van der Waals surface area contributed by atoms with E-state index in [0.717, 1.165) is 11.2 Å². The molecule has 14 heavy (non-hydrogen) atoms. The lowest BCUT2D eigenvalue weighted by Gasteiger charge is -2.11. The van der Waals surface area contributed by atoms with Crippen LogP contribution in [0, 0.1) is 5.92 Å². The first kappa shape index (κ1) is 8.00. The Morgan fingerprint density at radius 1 is 1.36 bits per heavy atom. The van der Waals surface area contributed by atoms with Crippen molar-refractivity contribution < 1.29 is 0 Å². The van der Waals surface area contributed by atoms with Crippen molar-refractivity contribution >= 4 is 5.52 Å². The Bertz CT molecular complexity index is 456. The summed E-state index contributed by atoms with van der Waals surface area (Å²) in [5.74, 6) is 0.671. The molecule has 1 aliphatic carbocycles. The highest BCUT2D eigenvalue weighted by Crippen LogP contribution is 2.39. The van der Waals surface area contributed by atoms with Crippen molar-refractivity contribution in [2.24, 2.45) is 11.7 Å². The highest BCUT2D eigenvalue weighted by Gasteiger charge is 2.30. The normalized spacial score (nSPS) is 18.6. The van der Waals surface area contributed by atoms with E-state index >= 15 is 0 Å². The summed E-state index contributed by atoms with van der Waals surface area (Å²) in [5.41, 5.74) is 8.42. The van der Waals surface area contributed by atoms with Gasteiger partial charge in [0.25, 0.3) is 0 Å². The molecule has 3 heteroatoms. The molecule has 3 nitrogen and oxygen atoms in total. The monoisotopic (exact) mass is 187 g/mol. The number of aromatic nitrogens is 2. The number of hydrogen-bond donors (Lipinski definition) is 1. The Balaban J connectivity index is 2.14. The van der Waals surface area contributed by atoms with Gasteiger partial charge < -0.3 is 5.73 Å². The van der Waals surface area contributed by atoms with Crippen LogP contribution in [0.3, 0.4) is 0 Å². The highest BCUT2D eigenvalue weighted by atomic mass is 15.2. The molecule has 0 amide bonds. The Labute approximate surface area is 82.5 Å². The van der Waals surface area contributed by atoms with Crippen molar-refractivity contribution in [1.29, 1.82) is 0 Å². The zero-order valence-electron chi connectivity index (χ0n) is 7.93. The van der Waals surface area contributed by atoms with Gasteiger partial charge in [-0.1, -0.05) is 6.07 Å². The van der Waals surface area contributed by atoms with Crippen molar-refractivity contribution in [1.82, 2.24) is 9.61 Å². The topological polar surface area (TPSA) is 43.3 Å². The molecule has 3 rings (SSSR count). The molecule has 2 heterocycles. The van der Waals surface area contributed by atoms with Crippen LogP contribution in [0.5, 0.6) is 0 Å². The first-order valence-electron chi connectivity index (χ1n) is 5.04. The van der Waals surface area contributed by atoms with Gasteiger partial charge in [-0.2, -0.15) is 5.10 Å². The Hall–Kier alpha value is -1.35. The van der Waals surface area contributed by atoms with Crippen LogP contribution < -0.4 is 5.73 Å². The summed E-state index contributed by atoms with van der Waals surface area (Å²) in [5, 5.41) is 4.29. The van der Waals surface area contributed by atoms with E-state index in [0.29, 0.717) is 5.92 Å². The summed E-state index contributed by atoms with van der Waals surface area (Å²) >= 11 is 0. The van der Waals surface area contributed by atoms with Crippen LogP contribution in [0.25, 0.3) is 5.52 Å². The van der Waals surface area contributed by atoms with Crippen molar-refractivity contribution in [3.8, 4) is 0 Å². The molecular weight excluding hydrogens is 174 g/mol. The lowest BCUT2D eigenvalue weighted by atomic mass is 10.1. The van der Waals surface area contributed by atoms with Crippen molar-refractivity contribution in [2.75, 3.05) is 0 Å². The first-order chi connectivity index (χ1) is 6.86. The summed E-state index contributed by atoms with van der Waals surface area (Å²) in [6, 6.07) is 8.33. The molecule has 1 atom stereocenters. The standard InChI is InChI=1S/C11H13N3/c12-11(8-4-5-8)10-3-1-2-9-6-7-13-14(9)10/h1-3,6-8,11H,4-5,12H2. The van der Waals surface area contributed by atoms with Crippen LogP contribution in [0.1, 0.15) is 24.6 Å². The summed E-state index contributed by atoms with van der Waals surface area (Å²) in [7, 11) is 0. The van der Waals surface area contributed by atoms with E-state index in [2.05, 4.69) is 23.3 Å². The second kappa shape index (κ2) is 2.82. The Morgan fingerprint density at radius 2 is 2.21 bits per heavy atom. The molecule has 2 N–H and O–H groups in total. The van der Waals surface area contributed by atoms with Crippen LogP contribution in [0.15, 0.2) is 30.5 Å². The van der Waals surface area contributed by atoms with Gasteiger partial charge in [0, 0.05) is 12.2 Å². The van der Waals surface area contributed by atoms with Gasteiger partial charge in [0.2, 0.25) is 0 Å². The van der Waals surface area contributed by atoms with E-state index in [9.17, 15) is 0 Å². The smallest absolute Gasteiger partial charge is 0.0665 e. The molecule has 0 bridgehead atoms. The predicted molar refractivity (Wildman–Crippen MR) is 54.8 cm³/mol. The second-order valence-corrected chi connectivity index (χ2v) is 3.98. The van der Waals surface area contributed by atoms with Gasteiger partial charge in [0.15, 0.2) is 0 Å². The maximum Gasteiger partial charge on any atom is 0.0665 e. The largest absolute Gasteiger partial charge is 0.322 e. The van der Waals surface area contributed by atoms with Gasteiger partial charge in [0.1, 0.15) is 0 Å². The maximum absolute atomic E-state index is 6.16. The van der Waals surface area contributed by atoms with Crippen LogP contribution >= 0.6 is 0 Å². The zero-order chi connectivity index (χ0) is 9.54. The lowest BCUT2D eigenvalue weighted by molar-refractivity contribution is 0.595.